The summed E-state index contributed by atoms with van der Waals surface area (Å²) in [4.78, 5) is 16.8. The number of nitrogens with zero attached hydrogens (tertiary/aromatic N) is 2. The minimum absolute atomic E-state index is 0.0742. The fourth-order valence-electron chi connectivity index (χ4n) is 3.99. The first kappa shape index (κ1) is 21.5. The number of carbonyl (C=O) groups is 1. The Bertz CT molecular complexity index is 781. The van der Waals surface area contributed by atoms with Gasteiger partial charge in [-0.1, -0.05) is 54.6 Å². The number of aryl methyl sites for hydroxylation is 1. The molecule has 3 rings (SSSR count). The van der Waals surface area contributed by atoms with Crippen LogP contribution in [-0.4, -0.2) is 60.1 Å². The monoisotopic (exact) mass is 395 g/mol. The van der Waals surface area contributed by atoms with Crippen LogP contribution in [0.5, 0.6) is 0 Å². The topological polar surface area (TPSA) is 55.8 Å². The first-order chi connectivity index (χ1) is 14.1. The molecule has 29 heavy (non-hydrogen) atoms. The largest absolute Gasteiger partial charge is 0.396 e. The molecule has 2 N–H and O–H groups in total. The Balaban J connectivity index is 1.52. The van der Waals surface area contributed by atoms with E-state index in [1.165, 1.54) is 16.7 Å². The van der Waals surface area contributed by atoms with Gasteiger partial charge in [0.1, 0.15) is 0 Å². The summed E-state index contributed by atoms with van der Waals surface area (Å²) in [6.45, 7) is 5.85. The lowest BCUT2D eigenvalue weighted by Crippen LogP contribution is -2.53. The number of benzene rings is 2. The Morgan fingerprint density at radius 1 is 1.17 bits per heavy atom. The molecule has 0 aromatic heterocycles. The molecule has 1 fully saturated rings. The maximum absolute atomic E-state index is 12.7. The van der Waals surface area contributed by atoms with Crippen molar-refractivity contribution in [2.24, 2.45) is 5.92 Å². The zero-order valence-electron chi connectivity index (χ0n) is 17.6. The van der Waals surface area contributed by atoms with Gasteiger partial charge in [-0.15, -0.1) is 0 Å². The molecule has 2 aromatic rings. The number of piperidine rings is 1. The Kier molecular flexibility index (Phi) is 7.81. The van der Waals surface area contributed by atoms with Gasteiger partial charge in [0.25, 0.3) is 0 Å². The molecule has 0 bridgehead atoms. The van der Waals surface area contributed by atoms with Crippen molar-refractivity contribution in [2.45, 2.75) is 32.5 Å². The summed E-state index contributed by atoms with van der Waals surface area (Å²) in [6.07, 6.45) is 0.939. The van der Waals surface area contributed by atoms with Crippen molar-refractivity contribution in [2.75, 3.05) is 33.3 Å². The first-order valence-electron chi connectivity index (χ1n) is 10.5. The van der Waals surface area contributed by atoms with Crippen LogP contribution in [0.3, 0.4) is 0 Å². The van der Waals surface area contributed by atoms with Gasteiger partial charge in [-0.25, -0.2) is 0 Å². The second kappa shape index (κ2) is 10.5. The third kappa shape index (κ3) is 6.13. The molecule has 5 nitrogen and oxygen atoms in total. The highest BCUT2D eigenvalue weighted by Crippen LogP contribution is 2.19. The van der Waals surface area contributed by atoms with Crippen LogP contribution in [0.4, 0.5) is 0 Å². The van der Waals surface area contributed by atoms with Gasteiger partial charge < -0.3 is 15.3 Å². The molecule has 5 heteroatoms. The molecular formula is C24H33N3O2. The maximum atomic E-state index is 12.7. The predicted octanol–water partition coefficient (Wildman–Crippen LogP) is 2.43. The zero-order valence-corrected chi connectivity index (χ0v) is 17.6. The van der Waals surface area contributed by atoms with E-state index in [0.717, 1.165) is 26.1 Å². The van der Waals surface area contributed by atoms with E-state index in [-0.39, 0.29) is 24.5 Å². The van der Waals surface area contributed by atoms with Crippen molar-refractivity contribution >= 4 is 5.91 Å². The number of nitrogens with one attached hydrogen (secondary N) is 1. The lowest BCUT2D eigenvalue weighted by atomic mass is 9.92. The molecule has 0 aliphatic carbocycles. The lowest BCUT2D eigenvalue weighted by Gasteiger charge is -2.38. The number of aliphatic hydroxyl groups excluding tert-OH is 1. The summed E-state index contributed by atoms with van der Waals surface area (Å²) in [5.74, 6) is 0.265. The SMILES string of the molecule is Cc1ccccc1CN(C)C(=O)CNC1CN(Cc2ccccc2)CCC1CO. The molecule has 0 radical (unpaired) electrons. The Labute approximate surface area is 174 Å². The average Bonchev–Trinajstić information content (AvgIpc) is 2.74. The molecule has 2 atom stereocenters. The second-order valence-corrected chi connectivity index (χ2v) is 8.12. The van der Waals surface area contributed by atoms with Crippen molar-refractivity contribution in [1.82, 2.24) is 15.1 Å². The van der Waals surface area contributed by atoms with Crippen molar-refractivity contribution in [1.29, 1.82) is 0 Å². The van der Waals surface area contributed by atoms with Gasteiger partial charge in [-0.05, 0) is 42.5 Å². The highest BCUT2D eigenvalue weighted by atomic mass is 16.3. The Morgan fingerprint density at radius 3 is 2.62 bits per heavy atom. The average molecular weight is 396 g/mol. The van der Waals surface area contributed by atoms with Gasteiger partial charge in [0.05, 0.1) is 6.54 Å². The van der Waals surface area contributed by atoms with Gasteiger partial charge in [0.15, 0.2) is 0 Å². The van der Waals surface area contributed by atoms with Crippen LogP contribution in [0.1, 0.15) is 23.1 Å². The number of likely N-dealkylation sites (tertiary alicyclic amines) is 1. The molecule has 1 saturated heterocycles. The van der Waals surface area contributed by atoms with Crippen LogP contribution in [0.25, 0.3) is 0 Å². The fourth-order valence-corrected chi connectivity index (χ4v) is 3.99. The number of carbonyl (C=O) groups excluding carboxylic acids is 1. The molecule has 2 aromatic carbocycles. The second-order valence-electron chi connectivity index (χ2n) is 8.12. The number of hydrogen-bond donors (Lipinski definition) is 2. The zero-order chi connectivity index (χ0) is 20.6. The van der Waals surface area contributed by atoms with Gasteiger partial charge >= 0.3 is 0 Å². The molecule has 1 aliphatic rings. The van der Waals surface area contributed by atoms with Gasteiger partial charge in [-0.3, -0.25) is 9.69 Å². The van der Waals surface area contributed by atoms with E-state index in [4.69, 9.17) is 0 Å². The Hall–Kier alpha value is -2.21. The highest BCUT2D eigenvalue weighted by molar-refractivity contribution is 5.78. The molecule has 1 amide bonds. The molecular weight excluding hydrogens is 362 g/mol. The lowest BCUT2D eigenvalue weighted by molar-refractivity contribution is -0.129. The van der Waals surface area contributed by atoms with Gasteiger partial charge in [0, 0.05) is 39.3 Å². The normalized spacial score (nSPS) is 19.8. The highest BCUT2D eigenvalue weighted by Gasteiger charge is 2.29. The smallest absolute Gasteiger partial charge is 0.236 e. The number of likely N-dealkylation sites (N-methyl/N-ethyl adjacent to an activating group) is 1. The summed E-state index contributed by atoms with van der Waals surface area (Å²) >= 11 is 0. The van der Waals surface area contributed by atoms with Crippen molar-refractivity contribution in [3.8, 4) is 0 Å². The van der Waals surface area contributed by atoms with Crippen molar-refractivity contribution in [3.63, 3.8) is 0 Å². The van der Waals surface area contributed by atoms with Crippen LogP contribution < -0.4 is 5.32 Å². The summed E-state index contributed by atoms with van der Waals surface area (Å²) in [6, 6.07) is 18.7. The standard InChI is InChI=1S/C24H33N3O2/c1-19-8-6-7-11-21(19)16-26(2)24(29)14-25-23-17-27(13-12-22(23)18-28)15-20-9-4-3-5-10-20/h3-11,22-23,25,28H,12-18H2,1-2H3. The van der Waals surface area contributed by atoms with E-state index >= 15 is 0 Å². The summed E-state index contributed by atoms with van der Waals surface area (Å²) < 4.78 is 0. The van der Waals surface area contributed by atoms with E-state index in [1.54, 1.807) is 4.90 Å². The molecule has 156 valence electrons. The Morgan fingerprint density at radius 2 is 1.90 bits per heavy atom. The maximum Gasteiger partial charge on any atom is 0.236 e. The van der Waals surface area contributed by atoms with Crippen LogP contribution >= 0.6 is 0 Å². The van der Waals surface area contributed by atoms with Gasteiger partial charge in [0.2, 0.25) is 5.91 Å². The van der Waals surface area contributed by atoms with Crippen LogP contribution in [0.15, 0.2) is 54.6 Å². The van der Waals surface area contributed by atoms with Crippen molar-refractivity contribution in [3.05, 3.63) is 71.3 Å². The summed E-state index contributed by atoms with van der Waals surface area (Å²) in [7, 11) is 1.85. The summed E-state index contributed by atoms with van der Waals surface area (Å²) in [5, 5.41) is 13.2. The number of aliphatic hydroxyl groups is 1. The van der Waals surface area contributed by atoms with E-state index in [0.29, 0.717) is 13.1 Å². The van der Waals surface area contributed by atoms with Crippen LogP contribution in [0.2, 0.25) is 0 Å². The van der Waals surface area contributed by atoms with E-state index in [9.17, 15) is 9.90 Å². The molecule has 1 heterocycles. The first-order valence-corrected chi connectivity index (χ1v) is 10.5. The van der Waals surface area contributed by atoms with E-state index in [2.05, 4.69) is 53.5 Å². The quantitative estimate of drug-likeness (QED) is 0.721. The minimum Gasteiger partial charge on any atom is -0.396 e. The van der Waals surface area contributed by atoms with E-state index < -0.39 is 0 Å². The minimum atomic E-state index is 0.0742. The van der Waals surface area contributed by atoms with Crippen LogP contribution in [-0.2, 0) is 17.9 Å². The van der Waals surface area contributed by atoms with Gasteiger partial charge in [-0.2, -0.15) is 0 Å². The van der Waals surface area contributed by atoms with Crippen LogP contribution in [0, 0.1) is 12.8 Å². The fraction of sp³-hybridized carbons (Fsp3) is 0.458. The summed E-state index contributed by atoms with van der Waals surface area (Å²) in [5.41, 5.74) is 3.66. The van der Waals surface area contributed by atoms with Crippen molar-refractivity contribution < 1.29 is 9.90 Å². The molecule has 2 unspecified atom stereocenters. The molecule has 1 aliphatic heterocycles. The number of rotatable bonds is 8. The predicted molar refractivity (Wildman–Crippen MR) is 116 cm³/mol. The molecule has 0 spiro atoms. The third-order valence-electron chi connectivity index (χ3n) is 5.93. The number of amides is 1. The number of hydrogen-bond acceptors (Lipinski definition) is 4. The molecule has 0 saturated carbocycles. The third-order valence-corrected chi connectivity index (χ3v) is 5.93. The van der Waals surface area contributed by atoms with E-state index in [1.807, 2.05) is 25.2 Å².